The van der Waals surface area contributed by atoms with Crippen LogP contribution in [0.1, 0.15) is 31.2 Å². The average molecular weight is 244 g/mol. The molecule has 0 amide bonds. The van der Waals surface area contributed by atoms with E-state index in [4.69, 9.17) is 5.73 Å². The Kier molecular flexibility index (Phi) is 3.67. The van der Waals surface area contributed by atoms with Gasteiger partial charge in [0.05, 0.1) is 0 Å². The van der Waals surface area contributed by atoms with Gasteiger partial charge in [0.25, 0.3) is 0 Å². The molecule has 0 bridgehead atoms. The topological polar surface area (TPSA) is 29.3 Å². The van der Waals surface area contributed by atoms with E-state index in [1.54, 1.807) is 0 Å². The summed E-state index contributed by atoms with van der Waals surface area (Å²) in [7, 11) is 0. The van der Waals surface area contributed by atoms with E-state index in [1.165, 1.54) is 37.8 Å². The Labute approximate surface area is 110 Å². The van der Waals surface area contributed by atoms with E-state index in [0.29, 0.717) is 6.04 Å². The number of nitrogens with two attached hydrogens (primary N) is 1. The van der Waals surface area contributed by atoms with Crippen LogP contribution in [0.3, 0.4) is 0 Å². The van der Waals surface area contributed by atoms with Crippen molar-refractivity contribution in [3.05, 3.63) is 35.9 Å². The van der Waals surface area contributed by atoms with Gasteiger partial charge in [0.2, 0.25) is 0 Å². The zero-order chi connectivity index (χ0) is 12.4. The first kappa shape index (κ1) is 12.2. The van der Waals surface area contributed by atoms with Crippen molar-refractivity contribution in [2.24, 2.45) is 11.7 Å². The molecule has 0 spiro atoms. The Balaban J connectivity index is 1.65. The molecule has 2 N–H and O–H groups in total. The maximum absolute atomic E-state index is 6.04. The third-order valence-corrected chi connectivity index (χ3v) is 4.24. The Hall–Kier alpha value is -0.860. The van der Waals surface area contributed by atoms with Crippen molar-refractivity contribution in [2.75, 3.05) is 13.1 Å². The van der Waals surface area contributed by atoms with Crippen molar-refractivity contribution >= 4 is 0 Å². The molecule has 98 valence electrons. The summed E-state index contributed by atoms with van der Waals surface area (Å²) >= 11 is 0. The minimum absolute atomic E-state index is 0.542. The lowest BCUT2D eigenvalue weighted by atomic mass is 10.0. The van der Waals surface area contributed by atoms with Crippen LogP contribution in [0.5, 0.6) is 0 Å². The summed E-state index contributed by atoms with van der Waals surface area (Å²) in [6.07, 6.45) is 6.76. The van der Waals surface area contributed by atoms with Crippen LogP contribution in [0, 0.1) is 5.92 Å². The van der Waals surface area contributed by atoms with Crippen molar-refractivity contribution in [1.29, 1.82) is 0 Å². The van der Waals surface area contributed by atoms with Gasteiger partial charge in [0, 0.05) is 25.2 Å². The van der Waals surface area contributed by atoms with Gasteiger partial charge in [-0.2, -0.15) is 0 Å². The molecule has 0 aliphatic heterocycles. The van der Waals surface area contributed by atoms with E-state index in [-0.39, 0.29) is 0 Å². The molecule has 2 fully saturated rings. The summed E-state index contributed by atoms with van der Waals surface area (Å²) in [5.41, 5.74) is 7.47. The molecule has 0 aromatic heterocycles. The lowest BCUT2D eigenvalue weighted by molar-refractivity contribution is 0.180. The van der Waals surface area contributed by atoms with Crippen molar-refractivity contribution in [3.63, 3.8) is 0 Å². The normalized spacial score (nSPS) is 21.2. The fourth-order valence-corrected chi connectivity index (χ4v) is 2.82. The number of nitrogens with zero attached hydrogens (tertiary/aromatic N) is 1. The zero-order valence-corrected chi connectivity index (χ0v) is 11.1. The summed E-state index contributed by atoms with van der Waals surface area (Å²) in [5.74, 6) is 0.968. The maximum atomic E-state index is 6.04. The van der Waals surface area contributed by atoms with Gasteiger partial charge in [-0.25, -0.2) is 0 Å². The van der Waals surface area contributed by atoms with Gasteiger partial charge in [0.1, 0.15) is 0 Å². The second-order valence-corrected chi connectivity index (χ2v) is 5.95. The largest absolute Gasteiger partial charge is 0.329 e. The number of rotatable bonds is 7. The van der Waals surface area contributed by atoms with Crippen molar-refractivity contribution in [1.82, 2.24) is 4.90 Å². The van der Waals surface area contributed by atoms with Gasteiger partial charge < -0.3 is 5.73 Å². The highest BCUT2D eigenvalue weighted by Gasteiger charge is 2.36. The Morgan fingerprint density at radius 1 is 1.11 bits per heavy atom. The molecule has 1 aromatic rings. The number of hydrogen-bond acceptors (Lipinski definition) is 2. The number of benzene rings is 1. The molecule has 2 aliphatic rings. The van der Waals surface area contributed by atoms with Gasteiger partial charge in [-0.3, -0.25) is 4.90 Å². The third-order valence-electron chi connectivity index (χ3n) is 4.24. The van der Waals surface area contributed by atoms with Crippen LogP contribution in [0.4, 0.5) is 0 Å². The molecule has 2 nitrogen and oxygen atoms in total. The van der Waals surface area contributed by atoms with E-state index >= 15 is 0 Å². The highest BCUT2D eigenvalue weighted by atomic mass is 15.2. The van der Waals surface area contributed by atoms with Crippen molar-refractivity contribution in [3.8, 4) is 0 Å². The highest BCUT2D eigenvalue weighted by molar-refractivity contribution is 5.16. The van der Waals surface area contributed by atoms with E-state index in [2.05, 4.69) is 35.2 Å². The van der Waals surface area contributed by atoms with E-state index in [0.717, 1.165) is 24.9 Å². The van der Waals surface area contributed by atoms with Crippen LogP contribution >= 0.6 is 0 Å². The summed E-state index contributed by atoms with van der Waals surface area (Å²) in [6, 6.07) is 12.2. The summed E-state index contributed by atoms with van der Waals surface area (Å²) in [6.45, 7) is 2.08. The van der Waals surface area contributed by atoms with Gasteiger partial charge in [-0.15, -0.1) is 0 Å². The molecule has 0 radical (unpaired) electrons. The van der Waals surface area contributed by atoms with Gasteiger partial charge in [0.15, 0.2) is 0 Å². The average Bonchev–Trinajstić information content (AvgIpc) is 3.28. The molecule has 18 heavy (non-hydrogen) atoms. The standard InChI is InChI=1S/C16H24N2/c17-11-16(10-13-4-2-1-3-5-13)18(15-8-9-15)12-14-6-7-14/h1-5,14-16H,6-12,17H2. The van der Waals surface area contributed by atoms with Crippen molar-refractivity contribution in [2.45, 2.75) is 44.2 Å². The molecular formula is C16H24N2. The predicted octanol–water partition coefficient (Wildman–Crippen LogP) is 2.43. The molecule has 2 heteroatoms. The molecule has 0 heterocycles. The highest BCUT2D eigenvalue weighted by Crippen LogP contribution is 2.36. The second kappa shape index (κ2) is 5.41. The van der Waals surface area contributed by atoms with Crippen molar-refractivity contribution < 1.29 is 0 Å². The van der Waals surface area contributed by atoms with Gasteiger partial charge in [-0.1, -0.05) is 30.3 Å². The fraction of sp³-hybridized carbons (Fsp3) is 0.625. The summed E-state index contributed by atoms with van der Waals surface area (Å²) < 4.78 is 0. The molecule has 2 aliphatic carbocycles. The van der Waals surface area contributed by atoms with Crippen LogP contribution in [0.2, 0.25) is 0 Å². The van der Waals surface area contributed by atoms with Gasteiger partial charge in [-0.05, 0) is 43.6 Å². The fourth-order valence-electron chi connectivity index (χ4n) is 2.82. The first-order valence-electron chi connectivity index (χ1n) is 7.36. The predicted molar refractivity (Wildman–Crippen MR) is 75.4 cm³/mol. The van der Waals surface area contributed by atoms with E-state index in [9.17, 15) is 0 Å². The van der Waals surface area contributed by atoms with Crippen LogP contribution < -0.4 is 5.73 Å². The minimum atomic E-state index is 0.542. The second-order valence-electron chi connectivity index (χ2n) is 5.95. The third kappa shape index (κ3) is 3.12. The number of hydrogen-bond donors (Lipinski definition) is 1. The minimum Gasteiger partial charge on any atom is -0.329 e. The Morgan fingerprint density at radius 3 is 2.39 bits per heavy atom. The summed E-state index contributed by atoms with van der Waals surface area (Å²) in [4.78, 5) is 2.71. The monoisotopic (exact) mass is 244 g/mol. The zero-order valence-electron chi connectivity index (χ0n) is 11.1. The first-order valence-corrected chi connectivity index (χ1v) is 7.36. The van der Waals surface area contributed by atoms with Gasteiger partial charge >= 0.3 is 0 Å². The molecular weight excluding hydrogens is 220 g/mol. The van der Waals surface area contributed by atoms with Crippen LogP contribution in [0.15, 0.2) is 30.3 Å². The van der Waals surface area contributed by atoms with Crippen LogP contribution in [-0.2, 0) is 6.42 Å². The summed E-state index contributed by atoms with van der Waals surface area (Å²) in [5, 5.41) is 0. The molecule has 3 rings (SSSR count). The molecule has 1 atom stereocenters. The first-order chi connectivity index (χ1) is 8.86. The Morgan fingerprint density at radius 2 is 1.83 bits per heavy atom. The molecule has 1 aromatic carbocycles. The van der Waals surface area contributed by atoms with E-state index < -0.39 is 0 Å². The van der Waals surface area contributed by atoms with E-state index in [1.807, 2.05) is 0 Å². The van der Waals surface area contributed by atoms with Crippen LogP contribution in [-0.4, -0.2) is 30.1 Å². The Bertz CT molecular complexity index is 368. The quantitative estimate of drug-likeness (QED) is 0.798. The van der Waals surface area contributed by atoms with Crippen LogP contribution in [0.25, 0.3) is 0 Å². The molecule has 0 saturated heterocycles. The lowest BCUT2D eigenvalue weighted by Gasteiger charge is -2.31. The lowest BCUT2D eigenvalue weighted by Crippen LogP contribution is -2.44. The molecule has 2 saturated carbocycles. The smallest absolute Gasteiger partial charge is 0.0261 e. The molecule has 1 unspecified atom stereocenters. The SMILES string of the molecule is NCC(Cc1ccccc1)N(CC1CC1)C1CC1. The maximum Gasteiger partial charge on any atom is 0.0261 e.